The lowest BCUT2D eigenvalue weighted by Crippen LogP contribution is -2.13. The molecule has 0 radical (unpaired) electrons. The normalized spacial score (nSPS) is 16.9. The molecule has 0 unspecified atom stereocenters. The molecule has 1 fully saturated rings. The van der Waals surface area contributed by atoms with E-state index >= 15 is 0 Å². The van der Waals surface area contributed by atoms with Crippen molar-refractivity contribution in [3.8, 4) is 5.75 Å². The Morgan fingerprint density at radius 3 is 2.69 bits per heavy atom. The van der Waals surface area contributed by atoms with Crippen LogP contribution in [0.15, 0.2) is 18.2 Å². The Labute approximate surface area is 92.9 Å². The molecule has 1 N–H and O–H groups in total. The van der Waals surface area contributed by atoms with Gasteiger partial charge in [-0.2, -0.15) is 0 Å². The van der Waals surface area contributed by atoms with Crippen molar-refractivity contribution in [2.45, 2.75) is 18.3 Å². The third kappa shape index (κ3) is 1.54. The molecule has 0 aliphatic heterocycles. The molecule has 3 nitrogen and oxygen atoms in total. The first-order chi connectivity index (χ1) is 7.64. The van der Waals surface area contributed by atoms with Crippen LogP contribution < -0.4 is 4.74 Å². The fraction of sp³-hybridized carbons (Fsp3) is 0.417. The van der Waals surface area contributed by atoms with Crippen molar-refractivity contribution in [2.75, 3.05) is 13.8 Å². The van der Waals surface area contributed by atoms with Gasteiger partial charge in [0.2, 0.25) is 0 Å². The zero-order valence-electron chi connectivity index (χ0n) is 9.00. The van der Waals surface area contributed by atoms with E-state index in [-0.39, 0.29) is 5.56 Å². The lowest BCUT2D eigenvalue weighted by Gasteiger charge is -2.16. The van der Waals surface area contributed by atoms with E-state index in [2.05, 4.69) is 0 Å². The third-order valence-electron chi connectivity index (χ3n) is 3.13. The van der Waals surface area contributed by atoms with Crippen LogP contribution in [0.1, 0.15) is 28.8 Å². The highest BCUT2D eigenvalue weighted by Crippen LogP contribution is 2.52. The maximum absolute atomic E-state index is 13.0. The standard InChI is InChI=1S/C12H13FO3/c1-16-10-8(11(14)15)3-2-4-9(10)12(7-13)5-6-12/h2-4H,5-7H2,1H3,(H,14,15). The summed E-state index contributed by atoms with van der Waals surface area (Å²) < 4.78 is 18.1. The molecule has 1 saturated carbocycles. The van der Waals surface area contributed by atoms with Crippen LogP contribution in [0.25, 0.3) is 0 Å². The molecule has 2 rings (SSSR count). The van der Waals surface area contributed by atoms with Crippen molar-refractivity contribution in [2.24, 2.45) is 0 Å². The largest absolute Gasteiger partial charge is 0.496 e. The van der Waals surface area contributed by atoms with E-state index in [0.717, 1.165) is 12.8 Å². The number of hydrogen-bond acceptors (Lipinski definition) is 2. The van der Waals surface area contributed by atoms with Crippen LogP contribution in [-0.4, -0.2) is 24.9 Å². The average Bonchev–Trinajstić information content (AvgIpc) is 3.08. The highest BCUT2D eigenvalue weighted by molar-refractivity contribution is 5.91. The summed E-state index contributed by atoms with van der Waals surface area (Å²) in [5.41, 5.74) is 0.272. The zero-order valence-corrected chi connectivity index (χ0v) is 9.00. The number of alkyl halides is 1. The Morgan fingerprint density at radius 2 is 2.25 bits per heavy atom. The molecule has 0 bridgehead atoms. The molecule has 0 spiro atoms. The second-order valence-corrected chi connectivity index (χ2v) is 4.11. The number of carbonyl (C=O) groups is 1. The van der Waals surface area contributed by atoms with Gasteiger partial charge in [-0.15, -0.1) is 0 Å². The van der Waals surface area contributed by atoms with Gasteiger partial charge in [-0.05, 0) is 18.9 Å². The number of rotatable bonds is 4. The number of methoxy groups -OCH3 is 1. The molecule has 0 amide bonds. The van der Waals surface area contributed by atoms with Gasteiger partial charge in [-0.25, -0.2) is 4.79 Å². The fourth-order valence-electron chi connectivity index (χ4n) is 1.97. The molecule has 0 aromatic heterocycles. The van der Waals surface area contributed by atoms with Gasteiger partial charge >= 0.3 is 5.97 Å². The quantitative estimate of drug-likeness (QED) is 0.854. The van der Waals surface area contributed by atoms with Crippen LogP contribution >= 0.6 is 0 Å². The smallest absolute Gasteiger partial charge is 0.339 e. The number of aromatic carboxylic acids is 1. The molecule has 0 heterocycles. The average molecular weight is 224 g/mol. The van der Waals surface area contributed by atoms with Gasteiger partial charge < -0.3 is 9.84 Å². The summed E-state index contributed by atoms with van der Waals surface area (Å²) in [4.78, 5) is 11.0. The van der Waals surface area contributed by atoms with Crippen LogP contribution in [0.5, 0.6) is 5.75 Å². The van der Waals surface area contributed by atoms with Crippen LogP contribution in [-0.2, 0) is 5.41 Å². The monoisotopic (exact) mass is 224 g/mol. The molecule has 1 aromatic carbocycles. The van der Waals surface area contributed by atoms with Crippen LogP contribution in [0.2, 0.25) is 0 Å². The molecule has 86 valence electrons. The van der Waals surface area contributed by atoms with Crippen molar-refractivity contribution in [3.05, 3.63) is 29.3 Å². The minimum atomic E-state index is -1.05. The molecular formula is C12H13FO3. The molecule has 4 heteroatoms. The Balaban J connectivity index is 2.53. The minimum Gasteiger partial charge on any atom is -0.496 e. The summed E-state index contributed by atoms with van der Waals surface area (Å²) in [5.74, 6) is -0.751. The number of ether oxygens (including phenoxy) is 1. The first kappa shape index (κ1) is 10.9. The second kappa shape index (κ2) is 3.77. The number of carboxylic acid groups (broad SMARTS) is 1. The zero-order chi connectivity index (χ0) is 11.8. The first-order valence-corrected chi connectivity index (χ1v) is 5.11. The van der Waals surface area contributed by atoms with Gasteiger partial charge in [0, 0.05) is 11.0 Å². The minimum absolute atomic E-state index is 0.0970. The van der Waals surface area contributed by atoms with E-state index in [0.29, 0.717) is 11.3 Å². The number of hydrogen-bond donors (Lipinski definition) is 1. The van der Waals surface area contributed by atoms with E-state index < -0.39 is 18.1 Å². The summed E-state index contributed by atoms with van der Waals surface area (Å²) in [6, 6.07) is 4.86. The van der Waals surface area contributed by atoms with Crippen molar-refractivity contribution in [1.29, 1.82) is 0 Å². The fourth-order valence-corrected chi connectivity index (χ4v) is 1.97. The molecular weight excluding hydrogens is 211 g/mol. The lowest BCUT2D eigenvalue weighted by atomic mass is 9.94. The van der Waals surface area contributed by atoms with E-state index in [1.54, 1.807) is 12.1 Å². The molecule has 1 aliphatic rings. The molecule has 16 heavy (non-hydrogen) atoms. The maximum atomic E-state index is 13.0. The van der Waals surface area contributed by atoms with Crippen LogP contribution in [0.3, 0.4) is 0 Å². The molecule has 1 aliphatic carbocycles. The van der Waals surface area contributed by atoms with Gasteiger partial charge in [-0.3, -0.25) is 4.39 Å². The summed E-state index contributed by atoms with van der Waals surface area (Å²) in [5, 5.41) is 9.01. The Kier molecular flexibility index (Phi) is 2.58. The van der Waals surface area contributed by atoms with Gasteiger partial charge in [0.15, 0.2) is 0 Å². The molecule has 0 atom stereocenters. The van der Waals surface area contributed by atoms with Gasteiger partial charge in [-0.1, -0.05) is 12.1 Å². The van der Waals surface area contributed by atoms with E-state index in [1.165, 1.54) is 13.2 Å². The number of carboxylic acids is 1. The molecule has 1 aromatic rings. The van der Waals surface area contributed by atoms with Gasteiger partial charge in [0.05, 0.1) is 13.8 Å². The Hall–Kier alpha value is -1.58. The Morgan fingerprint density at radius 1 is 1.56 bits per heavy atom. The number of para-hydroxylation sites is 1. The van der Waals surface area contributed by atoms with Gasteiger partial charge in [0.1, 0.15) is 11.3 Å². The third-order valence-corrected chi connectivity index (χ3v) is 3.13. The summed E-state index contributed by atoms with van der Waals surface area (Å²) in [6.07, 6.45) is 1.51. The van der Waals surface area contributed by atoms with Crippen molar-refractivity contribution in [1.82, 2.24) is 0 Å². The Bertz CT molecular complexity index is 424. The summed E-state index contributed by atoms with van der Waals surface area (Å²) >= 11 is 0. The lowest BCUT2D eigenvalue weighted by molar-refractivity contribution is 0.0693. The van der Waals surface area contributed by atoms with Crippen LogP contribution in [0, 0.1) is 0 Å². The van der Waals surface area contributed by atoms with Crippen molar-refractivity contribution < 1.29 is 19.0 Å². The van der Waals surface area contributed by atoms with E-state index in [4.69, 9.17) is 9.84 Å². The second-order valence-electron chi connectivity index (χ2n) is 4.11. The summed E-state index contributed by atoms with van der Waals surface area (Å²) in [6.45, 7) is -0.466. The predicted octanol–water partition coefficient (Wildman–Crippen LogP) is 2.39. The van der Waals surface area contributed by atoms with E-state index in [1.807, 2.05) is 0 Å². The topological polar surface area (TPSA) is 46.5 Å². The van der Waals surface area contributed by atoms with Gasteiger partial charge in [0.25, 0.3) is 0 Å². The van der Waals surface area contributed by atoms with E-state index in [9.17, 15) is 9.18 Å². The molecule has 0 saturated heterocycles. The SMILES string of the molecule is COc1c(C(=O)O)cccc1C1(CF)CC1. The van der Waals surface area contributed by atoms with Crippen molar-refractivity contribution >= 4 is 5.97 Å². The predicted molar refractivity (Wildman–Crippen MR) is 56.8 cm³/mol. The highest BCUT2D eigenvalue weighted by Gasteiger charge is 2.47. The first-order valence-electron chi connectivity index (χ1n) is 5.11. The highest BCUT2D eigenvalue weighted by atomic mass is 19.1. The number of halogens is 1. The van der Waals surface area contributed by atoms with Crippen molar-refractivity contribution in [3.63, 3.8) is 0 Å². The summed E-state index contributed by atoms with van der Waals surface area (Å²) in [7, 11) is 1.42. The van der Waals surface area contributed by atoms with Crippen LogP contribution in [0.4, 0.5) is 4.39 Å². The maximum Gasteiger partial charge on any atom is 0.339 e. The number of benzene rings is 1.